The van der Waals surface area contributed by atoms with Gasteiger partial charge < -0.3 is 14.6 Å². The molecule has 5 nitrogen and oxygen atoms in total. The summed E-state index contributed by atoms with van der Waals surface area (Å²) >= 11 is 0. The molecule has 17 heavy (non-hydrogen) atoms. The van der Waals surface area contributed by atoms with Crippen molar-refractivity contribution in [3.8, 4) is 0 Å². The number of nitrogens with one attached hydrogen (secondary N) is 1. The van der Waals surface area contributed by atoms with Gasteiger partial charge in [0.2, 0.25) is 5.89 Å². The predicted octanol–water partition coefficient (Wildman–Crippen LogP) is 2.10. The van der Waals surface area contributed by atoms with Crippen molar-refractivity contribution in [1.29, 1.82) is 0 Å². The van der Waals surface area contributed by atoms with Gasteiger partial charge in [-0.25, -0.2) is 0 Å². The van der Waals surface area contributed by atoms with Gasteiger partial charge in [-0.15, -0.1) is 0 Å². The molecule has 0 aromatic carbocycles. The Morgan fingerprint density at radius 2 is 2.06 bits per heavy atom. The molecule has 0 atom stereocenters. The minimum atomic E-state index is 0.270. The Kier molecular flexibility index (Phi) is 6.15. The molecule has 1 heterocycles. The summed E-state index contributed by atoms with van der Waals surface area (Å²) in [7, 11) is 0. The van der Waals surface area contributed by atoms with Crippen LogP contribution >= 0.6 is 0 Å². The van der Waals surface area contributed by atoms with Crippen LogP contribution in [0.3, 0.4) is 0 Å². The number of aromatic nitrogens is 2. The Hall–Kier alpha value is -0.940. The summed E-state index contributed by atoms with van der Waals surface area (Å²) in [6.07, 6.45) is 0.993. The van der Waals surface area contributed by atoms with Crippen LogP contribution in [0.15, 0.2) is 4.52 Å². The van der Waals surface area contributed by atoms with Gasteiger partial charge in [-0.05, 0) is 13.0 Å². The maximum atomic E-state index is 5.47. The molecular weight excluding hydrogens is 218 g/mol. The van der Waals surface area contributed by atoms with Crippen molar-refractivity contribution in [1.82, 2.24) is 15.5 Å². The molecule has 0 saturated heterocycles. The van der Waals surface area contributed by atoms with Crippen molar-refractivity contribution < 1.29 is 9.26 Å². The van der Waals surface area contributed by atoms with Crippen LogP contribution in [0.1, 0.15) is 51.7 Å². The average Bonchev–Trinajstić information content (AvgIpc) is 2.71. The lowest BCUT2D eigenvalue weighted by Gasteiger charge is -2.07. The quantitative estimate of drug-likeness (QED) is 0.706. The van der Waals surface area contributed by atoms with Crippen LogP contribution in [0.5, 0.6) is 0 Å². The fraction of sp³-hybridized carbons (Fsp3) is 0.833. The zero-order valence-electron chi connectivity index (χ0n) is 11.2. The minimum absolute atomic E-state index is 0.270. The van der Waals surface area contributed by atoms with Crippen LogP contribution in [0, 0.1) is 0 Å². The summed E-state index contributed by atoms with van der Waals surface area (Å²) in [5.74, 6) is 1.57. The van der Waals surface area contributed by atoms with E-state index in [0.717, 1.165) is 13.0 Å². The van der Waals surface area contributed by atoms with Gasteiger partial charge in [-0.2, -0.15) is 4.98 Å². The van der Waals surface area contributed by atoms with Crippen LogP contribution in [-0.4, -0.2) is 29.3 Å². The fourth-order valence-electron chi connectivity index (χ4n) is 1.29. The first kappa shape index (κ1) is 14.1. The Morgan fingerprint density at radius 1 is 1.29 bits per heavy atom. The van der Waals surface area contributed by atoms with Crippen molar-refractivity contribution in [3.63, 3.8) is 0 Å². The molecule has 1 rings (SSSR count). The molecular formula is C12H23N3O2. The van der Waals surface area contributed by atoms with Crippen molar-refractivity contribution in [2.45, 2.75) is 52.7 Å². The van der Waals surface area contributed by atoms with E-state index in [2.05, 4.69) is 29.3 Å². The highest BCUT2D eigenvalue weighted by atomic mass is 16.5. The van der Waals surface area contributed by atoms with Crippen LogP contribution in [-0.2, 0) is 11.3 Å². The van der Waals surface area contributed by atoms with Gasteiger partial charge in [0, 0.05) is 18.6 Å². The molecule has 0 fully saturated rings. The average molecular weight is 241 g/mol. The maximum absolute atomic E-state index is 5.47. The van der Waals surface area contributed by atoms with Crippen LogP contribution in [0.25, 0.3) is 0 Å². The number of ether oxygens (including phenoxy) is 1. The SMILES string of the molecule is CC(C)NCCCOCc1noc(C(C)C)n1. The second-order valence-corrected chi connectivity index (χ2v) is 4.72. The molecule has 1 N–H and O–H groups in total. The number of hydrogen-bond donors (Lipinski definition) is 1. The maximum Gasteiger partial charge on any atom is 0.229 e. The lowest BCUT2D eigenvalue weighted by atomic mass is 10.2. The highest BCUT2D eigenvalue weighted by Gasteiger charge is 2.09. The third-order valence-corrected chi connectivity index (χ3v) is 2.23. The highest BCUT2D eigenvalue weighted by molar-refractivity contribution is 4.89. The normalized spacial score (nSPS) is 11.6. The third-order valence-electron chi connectivity index (χ3n) is 2.23. The van der Waals surface area contributed by atoms with Gasteiger partial charge in [0.15, 0.2) is 5.82 Å². The van der Waals surface area contributed by atoms with Gasteiger partial charge in [0.25, 0.3) is 0 Å². The Balaban J connectivity index is 2.09. The van der Waals surface area contributed by atoms with E-state index < -0.39 is 0 Å². The molecule has 0 saturated carbocycles. The standard InChI is InChI=1S/C12H23N3O2/c1-9(2)12-14-11(15-17-12)8-16-7-5-6-13-10(3)4/h9-10,13H,5-8H2,1-4H3. The third kappa shape index (κ3) is 5.79. The first-order valence-corrected chi connectivity index (χ1v) is 6.23. The predicted molar refractivity (Wildman–Crippen MR) is 65.8 cm³/mol. The molecule has 0 unspecified atom stereocenters. The van der Waals surface area contributed by atoms with Gasteiger partial charge in [0.1, 0.15) is 6.61 Å². The van der Waals surface area contributed by atoms with Crippen LogP contribution in [0.4, 0.5) is 0 Å². The first-order valence-electron chi connectivity index (χ1n) is 6.23. The van der Waals surface area contributed by atoms with E-state index >= 15 is 0 Å². The summed E-state index contributed by atoms with van der Waals surface area (Å²) in [4.78, 5) is 4.24. The van der Waals surface area contributed by atoms with E-state index in [1.54, 1.807) is 0 Å². The second kappa shape index (κ2) is 7.40. The molecule has 1 aromatic heterocycles. The molecule has 0 spiro atoms. The molecule has 0 bridgehead atoms. The second-order valence-electron chi connectivity index (χ2n) is 4.72. The van der Waals surface area contributed by atoms with E-state index in [4.69, 9.17) is 9.26 Å². The van der Waals surface area contributed by atoms with Crippen molar-refractivity contribution in [3.05, 3.63) is 11.7 Å². The summed E-state index contributed by atoms with van der Waals surface area (Å²) in [6.45, 7) is 10.4. The summed E-state index contributed by atoms with van der Waals surface area (Å²) in [5, 5.41) is 7.19. The van der Waals surface area contributed by atoms with Crippen molar-refractivity contribution >= 4 is 0 Å². The Labute approximate surface area is 103 Å². The van der Waals surface area contributed by atoms with Crippen molar-refractivity contribution in [2.24, 2.45) is 0 Å². The molecule has 98 valence electrons. The van der Waals surface area contributed by atoms with Crippen molar-refractivity contribution in [2.75, 3.05) is 13.2 Å². The molecule has 1 aromatic rings. The van der Waals surface area contributed by atoms with Gasteiger partial charge >= 0.3 is 0 Å². The smallest absolute Gasteiger partial charge is 0.229 e. The lowest BCUT2D eigenvalue weighted by Crippen LogP contribution is -2.24. The monoisotopic (exact) mass is 241 g/mol. The molecule has 5 heteroatoms. The Bertz CT molecular complexity index is 310. The number of nitrogens with zero attached hydrogens (tertiary/aromatic N) is 2. The Morgan fingerprint density at radius 3 is 2.65 bits per heavy atom. The van der Waals surface area contributed by atoms with E-state index in [9.17, 15) is 0 Å². The van der Waals surface area contributed by atoms with E-state index in [0.29, 0.717) is 31.0 Å². The summed E-state index contributed by atoms with van der Waals surface area (Å²) < 4.78 is 10.6. The zero-order valence-corrected chi connectivity index (χ0v) is 11.2. The summed E-state index contributed by atoms with van der Waals surface area (Å²) in [5.41, 5.74) is 0. The highest BCUT2D eigenvalue weighted by Crippen LogP contribution is 2.10. The molecule has 0 radical (unpaired) electrons. The van der Waals surface area contributed by atoms with Crippen LogP contribution in [0.2, 0.25) is 0 Å². The number of hydrogen-bond acceptors (Lipinski definition) is 5. The van der Waals surface area contributed by atoms with Gasteiger partial charge in [-0.1, -0.05) is 32.9 Å². The topological polar surface area (TPSA) is 60.2 Å². The van der Waals surface area contributed by atoms with E-state index in [-0.39, 0.29) is 5.92 Å². The number of rotatable bonds is 8. The largest absolute Gasteiger partial charge is 0.373 e. The van der Waals surface area contributed by atoms with Gasteiger partial charge in [0.05, 0.1) is 0 Å². The molecule has 0 aliphatic carbocycles. The van der Waals surface area contributed by atoms with E-state index in [1.165, 1.54) is 0 Å². The molecule has 0 amide bonds. The molecule has 0 aliphatic rings. The first-order chi connectivity index (χ1) is 8.09. The lowest BCUT2D eigenvalue weighted by molar-refractivity contribution is 0.111. The molecule has 0 aliphatic heterocycles. The van der Waals surface area contributed by atoms with Gasteiger partial charge in [-0.3, -0.25) is 0 Å². The zero-order chi connectivity index (χ0) is 12.7. The van der Waals surface area contributed by atoms with Crippen LogP contribution < -0.4 is 5.32 Å². The summed E-state index contributed by atoms with van der Waals surface area (Å²) in [6, 6.07) is 0.529. The van der Waals surface area contributed by atoms with E-state index in [1.807, 2.05) is 13.8 Å². The minimum Gasteiger partial charge on any atom is -0.373 e. The fourth-order valence-corrected chi connectivity index (χ4v) is 1.29.